The molecule has 1 heterocycles. The minimum atomic E-state index is -0.487. The van der Waals surface area contributed by atoms with Crippen LogP contribution in [0.1, 0.15) is 61.5 Å². The van der Waals surface area contributed by atoms with Crippen molar-refractivity contribution >= 4 is 11.7 Å². The third kappa shape index (κ3) is 10.6. The molecule has 210 valence electrons. The summed E-state index contributed by atoms with van der Waals surface area (Å²) in [4.78, 5) is 19.2. The lowest BCUT2D eigenvalue weighted by molar-refractivity contribution is 0.0161. The number of allylic oxidation sites excluding steroid dienone is 3. The fourth-order valence-electron chi connectivity index (χ4n) is 3.78. The van der Waals surface area contributed by atoms with E-state index in [1.165, 1.54) is 0 Å². The maximum Gasteiger partial charge on any atom is 0.342 e. The second-order valence-electron chi connectivity index (χ2n) is 8.89. The van der Waals surface area contributed by atoms with Crippen molar-refractivity contribution in [1.82, 2.24) is 0 Å². The summed E-state index contributed by atoms with van der Waals surface area (Å²) in [5.74, 6) is 0.312. The Morgan fingerprint density at radius 3 is 2.46 bits per heavy atom. The number of carbonyl (C=O) groups excluding carboxylic acids is 1. The minimum absolute atomic E-state index is 0.0234. The van der Waals surface area contributed by atoms with E-state index >= 15 is 0 Å². The van der Waals surface area contributed by atoms with Crippen LogP contribution in [0.4, 0.5) is 0 Å². The molecule has 0 unspecified atom stereocenters. The summed E-state index contributed by atoms with van der Waals surface area (Å²) in [5, 5.41) is 4.43. The molecule has 2 aromatic carbocycles. The van der Waals surface area contributed by atoms with Crippen LogP contribution in [0.15, 0.2) is 71.9 Å². The van der Waals surface area contributed by atoms with E-state index < -0.39 is 5.97 Å². The van der Waals surface area contributed by atoms with Gasteiger partial charge in [0.05, 0.1) is 5.71 Å². The Bertz CT molecular complexity index is 1110. The van der Waals surface area contributed by atoms with E-state index in [2.05, 4.69) is 17.3 Å². The van der Waals surface area contributed by atoms with Gasteiger partial charge in [-0.05, 0) is 56.9 Å². The van der Waals surface area contributed by atoms with Crippen molar-refractivity contribution in [2.45, 2.75) is 59.2 Å². The van der Waals surface area contributed by atoms with Crippen LogP contribution in [-0.2, 0) is 32.1 Å². The largest absolute Gasteiger partial charge is 0.467 e. The third-order valence-electron chi connectivity index (χ3n) is 5.76. The zero-order valence-electron chi connectivity index (χ0n) is 23.1. The SMILES string of the molecule is CCOCOc1cc2c(c(OCOCC)c1)C(=O)O[C@H](C)C/C=C/CC/C=C/C(=N\OCc1ccccc1)C2. The van der Waals surface area contributed by atoms with Gasteiger partial charge in [0.2, 0.25) is 0 Å². The molecule has 2 aromatic rings. The summed E-state index contributed by atoms with van der Waals surface area (Å²) in [6.07, 6.45) is 10.4. The lowest BCUT2D eigenvalue weighted by atomic mass is 9.99. The van der Waals surface area contributed by atoms with Crippen LogP contribution >= 0.6 is 0 Å². The van der Waals surface area contributed by atoms with Gasteiger partial charge in [-0.15, -0.1) is 0 Å². The maximum atomic E-state index is 13.5. The highest BCUT2D eigenvalue weighted by molar-refractivity contribution is 6.00. The summed E-state index contributed by atoms with van der Waals surface area (Å²) in [7, 11) is 0. The second-order valence-corrected chi connectivity index (χ2v) is 8.89. The maximum absolute atomic E-state index is 13.5. The first-order valence-corrected chi connectivity index (χ1v) is 13.4. The molecule has 0 fully saturated rings. The van der Waals surface area contributed by atoms with Crippen molar-refractivity contribution in [2.75, 3.05) is 26.8 Å². The van der Waals surface area contributed by atoms with Crippen LogP contribution in [0.2, 0.25) is 0 Å². The molecule has 0 amide bonds. The van der Waals surface area contributed by atoms with Crippen LogP contribution in [0.3, 0.4) is 0 Å². The van der Waals surface area contributed by atoms with Gasteiger partial charge < -0.3 is 28.5 Å². The molecule has 3 rings (SSSR count). The molecule has 0 bridgehead atoms. The van der Waals surface area contributed by atoms with Gasteiger partial charge in [-0.25, -0.2) is 4.79 Å². The van der Waals surface area contributed by atoms with Crippen molar-refractivity contribution in [3.63, 3.8) is 0 Å². The average Bonchev–Trinajstić information content (AvgIpc) is 2.92. The normalized spacial score (nSPS) is 18.9. The molecule has 1 aliphatic heterocycles. The lowest BCUT2D eigenvalue weighted by Crippen LogP contribution is -2.19. The number of nitrogens with zero attached hydrogens (tertiary/aromatic N) is 1. The Balaban J connectivity index is 2.01. The van der Waals surface area contributed by atoms with E-state index in [0.717, 1.165) is 18.4 Å². The number of carbonyl (C=O) groups is 1. The minimum Gasteiger partial charge on any atom is -0.467 e. The van der Waals surface area contributed by atoms with Crippen LogP contribution in [0.5, 0.6) is 11.5 Å². The van der Waals surface area contributed by atoms with Gasteiger partial charge in [0.25, 0.3) is 0 Å². The molecule has 0 spiro atoms. The number of cyclic esters (lactones) is 1. The van der Waals surface area contributed by atoms with Crippen molar-refractivity contribution in [3.8, 4) is 11.5 Å². The lowest BCUT2D eigenvalue weighted by Gasteiger charge is -2.19. The molecule has 0 radical (unpaired) electrons. The highest BCUT2D eigenvalue weighted by Gasteiger charge is 2.24. The quantitative estimate of drug-likeness (QED) is 0.108. The molecule has 39 heavy (non-hydrogen) atoms. The summed E-state index contributed by atoms with van der Waals surface area (Å²) >= 11 is 0. The number of hydrogen-bond donors (Lipinski definition) is 0. The molecule has 0 aromatic heterocycles. The number of hydrogen-bond acceptors (Lipinski definition) is 8. The van der Waals surface area contributed by atoms with Crippen LogP contribution in [0.25, 0.3) is 0 Å². The predicted octanol–water partition coefficient (Wildman–Crippen LogP) is 6.39. The Hall–Kier alpha value is -3.62. The van der Waals surface area contributed by atoms with Crippen molar-refractivity contribution in [1.29, 1.82) is 0 Å². The number of esters is 1. The van der Waals surface area contributed by atoms with Gasteiger partial charge in [-0.1, -0.05) is 53.7 Å². The molecule has 1 aliphatic rings. The van der Waals surface area contributed by atoms with Gasteiger partial charge >= 0.3 is 5.97 Å². The van der Waals surface area contributed by atoms with Gasteiger partial charge in [-0.3, -0.25) is 0 Å². The smallest absolute Gasteiger partial charge is 0.342 e. The zero-order chi connectivity index (χ0) is 27.7. The number of benzene rings is 2. The molecule has 0 N–H and O–H groups in total. The summed E-state index contributed by atoms with van der Waals surface area (Å²) in [5.41, 5.74) is 2.59. The molecular formula is C31H39NO7. The zero-order valence-corrected chi connectivity index (χ0v) is 23.1. The summed E-state index contributed by atoms with van der Waals surface area (Å²) in [6, 6.07) is 13.3. The number of ether oxygens (including phenoxy) is 5. The average molecular weight is 538 g/mol. The van der Waals surface area contributed by atoms with E-state index in [0.29, 0.717) is 54.6 Å². The first kappa shape index (κ1) is 29.9. The molecular weight excluding hydrogens is 498 g/mol. The highest BCUT2D eigenvalue weighted by Crippen LogP contribution is 2.31. The number of oxime groups is 1. The molecule has 8 nitrogen and oxygen atoms in total. The van der Waals surface area contributed by atoms with Gasteiger partial charge in [0, 0.05) is 32.1 Å². The Labute approximate surface area is 231 Å². The first-order valence-electron chi connectivity index (χ1n) is 13.4. The van der Waals surface area contributed by atoms with Gasteiger partial charge in [0.15, 0.2) is 13.6 Å². The predicted molar refractivity (Wildman–Crippen MR) is 150 cm³/mol. The molecule has 1 atom stereocenters. The van der Waals surface area contributed by atoms with Crippen molar-refractivity contribution < 1.29 is 33.3 Å². The Morgan fingerprint density at radius 2 is 1.69 bits per heavy atom. The molecule has 0 aliphatic carbocycles. The standard InChI is InChI=1S/C31H39NO7/c1-4-34-22-36-28-19-26-18-27(32-38-21-25-15-11-9-12-16-25)17-13-8-6-7-10-14-24(3)39-31(33)30(26)29(20-28)37-23-35-5-2/h7,9-13,15-17,19-20,24H,4-6,8,14,18,21-23H2,1-3H3/b10-7+,17-13+,32-27+/t24-/m1/s1. The molecule has 8 heteroatoms. The fourth-order valence-corrected chi connectivity index (χ4v) is 3.78. The molecule has 0 saturated heterocycles. The van der Waals surface area contributed by atoms with Gasteiger partial charge in [0.1, 0.15) is 29.8 Å². The number of rotatable bonds is 11. The van der Waals surface area contributed by atoms with E-state index in [1.54, 1.807) is 12.1 Å². The fraction of sp³-hybridized carbons (Fsp3) is 0.419. The first-order chi connectivity index (χ1) is 19.1. The molecule has 0 saturated carbocycles. The summed E-state index contributed by atoms with van der Waals surface area (Å²) < 4.78 is 28.3. The van der Waals surface area contributed by atoms with E-state index in [1.807, 2.05) is 63.3 Å². The van der Waals surface area contributed by atoms with Crippen molar-refractivity contribution in [3.05, 3.63) is 83.5 Å². The van der Waals surface area contributed by atoms with E-state index in [-0.39, 0.29) is 26.1 Å². The van der Waals surface area contributed by atoms with E-state index in [4.69, 9.17) is 28.5 Å². The van der Waals surface area contributed by atoms with Crippen molar-refractivity contribution in [2.24, 2.45) is 5.16 Å². The summed E-state index contributed by atoms with van der Waals surface area (Å²) in [6.45, 7) is 6.98. The topological polar surface area (TPSA) is 84.8 Å². The van der Waals surface area contributed by atoms with Gasteiger partial charge in [-0.2, -0.15) is 0 Å². The highest BCUT2D eigenvalue weighted by atomic mass is 16.7. The van der Waals surface area contributed by atoms with Crippen LogP contribution in [0, 0.1) is 0 Å². The monoisotopic (exact) mass is 537 g/mol. The van der Waals surface area contributed by atoms with E-state index in [9.17, 15) is 4.79 Å². The third-order valence-corrected chi connectivity index (χ3v) is 5.76. The van der Waals surface area contributed by atoms with Crippen LogP contribution < -0.4 is 9.47 Å². The Kier molecular flexibility index (Phi) is 13.1. The number of fused-ring (bicyclic) bond motifs is 1. The Morgan fingerprint density at radius 1 is 0.949 bits per heavy atom. The second kappa shape index (κ2) is 17.1. The van der Waals surface area contributed by atoms with Crippen LogP contribution in [-0.4, -0.2) is 44.6 Å².